The number of benzene rings is 1. The van der Waals surface area contributed by atoms with E-state index < -0.39 is 0 Å². The number of Topliss-reactive ketones (excluding diaryl/α,β-unsaturated/α-hetero) is 1. The highest BCUT2D eigenvalue weighted by atomic mass is 16.1. The second-order valence-electron chi connectivity index (χ2n) is 5.72. The number of nitrogens with zero attached hydrogens (tertiary/aromatic N) is 1. The van der Waals surface area contributed by atoms with Crippen LogP contribution in [0.4, 0.5) is 0 Å². The molecule has 21 heavy (non-hydrogen) atoms. The van der Waals surface area contributed by atoms with Crippen molar-refractivity contribution in [3.8, 4) is 0 Å². The molecule has 0 saturated heterocycles. The molecule has 3 nitrogen and oxygen atoms in total. The van der Waals surface area contributed by atoms with Crippen molar-refractivity contribution in [3.63, 3.8) is 0 Å². The first-order chi connectivity index (χ1) is 9.99. The van der Waals surface area contributed by atoms with Gasteiger partial charge in [0.05, 0.1) is 6.04 Å². The Hall–Kier alpha value is -1.19. The van der Waals surface area contributed by atoms with Gasteiger partial charge in [0.1, 0.15) is 0 Å². The van der Waals surface area contributed by atoms with Crippen LogP contribution in [0.2, 0.25) is 0 Å². The summed E-state index contributed by atoms with van der Waals surface area (Å²) in [5, 5.41) is 3.34. The standard InChI is InChI=1S/C18H30N2O/c1-6-20(7-2)12-8-11-19-16(5)18(21)17-10-9-14(3)15(4)13-17/h9-10,13,16,19H,6-8,11-12H2,1-5H3. The highest BCUT2D eigenvalue weighted by Crippen LogP contribution is 2.11. The SMILES string of the molecule is CCN(CC)CCCNC(C)C(=O)c1ccc(C)c(C)c1. The predicted octanol–water partition coefficient (Wildman–Crippen LogP) is 3.20. The summed E-state index contributed by atoms with van der Waals surface area (Å²) in [7, 11) is 0. The van der Waals surface area contributed by atoms with Gasteiger partial charge in [-0.1, -0.05) is 26.0 Å². The third-order valence-electron chi connectivity index (χ3n) is 4.18. The topological polar surface area (TPSA) is 32.3 Å². The molecule has 1 atom stereocenters. The van der Waals surface area contributed by atoms with Crippen molar-refractivity contribution in [2.24, 2.45) is 0 Å². The van der Waals surface area contributed by atoms with Gasteiger partial charge in [0, 0.05) is 5.56 Å². The highest BCUT2D eigenvalue weighted by molar-refractivity contribution is 6.00. The fourth-order valence-electron chi connectivity index (χ4n) is 2.40. The zero-order chi connectivity index (χ0) is 15.8. The average Bonchev–Trinajstić information content (AvgIpc) is 2.49. The van der Waals surface area contributed by atoms with Crippen LogP contribution in [0.15, 0.2) is 18.2 Å². The third kappa shape index (κ3) is 5.60. The van der Waals surface area contributed by atoms with Crippen LogP contribution in [0.25, 0.3) is 0 Å². The molecule has 0 aliphatic carbocycles. The Labute approximate surface area is 129 Å². The Morgan fingerprint density at radius 3 is 2.43 bits per heavy atom. The van der Waals surface area contributed by atoms with Crippen molar-refractivity contribution in [2.45, 2.75) is 47.1 Å². The summed E-state index contributed by atoms with van der Waals surface area (Å²) in [6.45, 7) is 14.6. The molecule has 3 heteroatoms. The van der Waals surface area contributed by atoms with Gasteiger partial charge in [-0.05, 0) is 70.6 Å². The molecule has 0 aromatic heterocycles. The van der Waals surface area contributed by atoms with E-state index in [1.807, 2.05) is 32.0 Å². The van der Waals surface area contributed by atoms with Crippen molar-refractivity contribution < 1.29 is 4.79 Å². The molecule has 1 N–H and O–H groups in total. The number of ketones is 1. The number of aryl methyl sites for hydroxylation is 2. The second kappa shape index (κ2) is 8.96. The number of rotatable bonds is 9. The molecule has 0 heterocycles. The van der Waals surface area contributed by atoms with Crippen LogP contribution in [0.1, 0.15) is 48.7 Å². The summed E-state index contributed by atoms with van der Waals surface area (Å²) >= 11 is 0. The van der Waals surface area contributed by atoms with Crippen LogP contribution in [0.3, 0.4) is 0 Å². The van der Waals surface area contributed by atoms with Crippen molar-refractivity contribution in [1.29, 1.82) is 0 Å². The van der Waals surface area contributed by atoms with Crippen LogP contribution in [-0.4, -0.2) is 42.9 Å². The van der Waals surface area contributed by atoms with Gasteiger partial charge in [-0.25, -0.2) is 0 Å². The lowest BCUT2D eigenvalue weighted by Crippen LogP contribution is -2.36. The minimum atomic E-state index is -0.121. The molecule has 118 valence electrons. The van der Waals surface area contributed by atoms with E-state index in [4.69, 9.17) is 0 Å². The van der Waals surface area contributed by atoms with Crippen LogP contribution in [0, 0.1) is 13.8 Å². The second-order valence-corrected chi connectivity index (χ2v) is 5.72. The van der Waals surface area contributed by atoms with E-state index >= 15 is 0 Å². The molecule has 0 spiro atoms. The van der Waals surface area contributed by atoms with Gasteiger partial charge in [0.15, 0.2) is 5.78 Å². The molecule has 0 amide bonds. The third-order valence-corrected chi connectivity index (χ3v) is 4.18. The average molecular weight is 290 g/mol. The quantitative estimate of drug-likeness (QED) is 0.560. The summed E-state index contributed by atoms with van der Waals surface area (Å²) in [5.41, 5.74) is 3.21. The van der Waals surface area contributed by atoms with Gasteiger partial charge >= 0.3 is 0 Å². The minimum Gasteiger partial charge on any atom is -0.307 e. The van der Waals surface area contributed by atoms with E-state index in [2.05, 4.69) is 31.0 Å². The summed E-state index contributed by atoms with van der Waals surface area (Å²) in [5.74, 6) is 0.181. The maximum atomic E-state index is 12.4. The summed E-state index contributed by atoms with van der Waals surface area (Å²) in [6.07, 6.45) is 1.08. The van der Waals surface area contributed by atoms with Crippen LogP contribution < -0.4 is 5.32 Å². The number of carbonyl (C=O) groups excluding carboxylic acids is 1. The first-order valence-corrected chi connectivity index (χ1v) is 8.06. The number of hydrogen-bond donors (Lipinski definition) is 1. The molecule has 1 rings (SSSR count). The monoisotopic (exact) mass is 290 g/mol. The van der Waals surface area contributed by atoms with Crippen LogP contribution >= 0.6 is 0 Å². The summed E-state index contributed by atoms with van der Waals surface area (Å²) in [4.78, 5) is 14.8. The molecule has 1 aromatic rings. The molecule has 1 aromatic carbocycles. The van der Waals surface area contributed by atoms with Crippen molar-refractivity contribution in [1.82, 2.24) is 10.2 Å². The molecule has 0 fully saturated rings. The Bertz CT molecular complexity index is 453. The Kier molecular flexibility index (Phi) is 7.62. The summed E-state index contributed by atoms with van der Waals surface area (Å²) < 4.78 is 0. The number of hydrogen-bond acceptors (Lipinski definition) is 3. The Balaban J connectivity index is 2.42. The van der Waals surface area contributed by atoms with E-state index in [1.54, 1.807) is 0 Å². The van der Waals surface area contributed by atoms with Gasteiger partial charge < -0.3 is 10.2 Å². The van der Waals surface area contributed by atoms with Crippen molar-refractivity contribution in [3.05, 3.63) is 34.9 Å². The molecule has 0 bridgehead atoms. The first-order valence-electron chi connectivity index (χ1n) is 8.06. The van der Waals surface area contributed by atoms with Gasteiger partial charge in [-0.15, -0.1) is 0 Å². The fraction of sp³-hybridized carbons (Fsp3) is 0.611. The predicted molar refractivity (Wildman–Crippen MR) is 90.1 cm³/mol. The van der Waals surface area contributed by atoms with Gasteiger partial charge in [0.25, 0.3) is 0 Å². The molecule has 0 saturated carbocycles. The smallest absolute Gasteiger partial charge is 0.179 e. The molecule has 1 unspecified atom stereocenters. The largest absolute Gasteiger partial charge is 0.307 e. The Morgan fingerprint density at radius 1 is 1.19 bits per heavy atom. The fourth-order valence-corrected chi connectivity index (χ4v) is 2.40. The van der Waals surface area contributed by atoms with Gasteiger partial charge in [0.2, 0.25) is 0 Å². The molecule has 0 aliphatic rings. The van der Waals surface area contributed by atoms with Crippen LogP contribution in [-0.2, 0) is 0 Å². The zero-order valence-corrected chi connectivity index (χ0v) is 14.2. The van der Waals surface area contributed by atoms with E-state index in [9.17, 15) is 4.79 Å². The zero-order valence-electron chi connectivity index (χ0n) is 14.2. The van der Waals surface area contributed by atoms with Gasteiger partial charge in [-0.3, -0.25) is 4.79 Å². The molecule has 0 aliphatic heterocycles. The normalized spacial score (nSPS) is 12.7. The number of carbonyl (C=O) groups is 1. The Morgan fingerprint density at radius 2 is 1.86 bits per heavy atom. The minimum absolute atomic E-state index is 0.121. The van der Waals surface area contributed by atoms with E-state index in [1.165, 1.54) is 11.1 Å². The van der Waals surface area contributed by atoms with Gasteiger partial charge in [-0.2, -0.15) is 0 Å². The maximum absolute atomic E-state index is 12.4. The molecular formula is C18H30N2O. The lowest BCUT2D eigenvalue weighted by atomic mass is 10.0. The van der Waals surface area contributed by atoms with Crippen molar-refractivity contribution >= 4 is 5.78 Å². The van der Waals surface area contributed by atoms with Crippen molar-refractivity contribution in [2.75, 3.05) is 26.2 Å². The van der Waals surface area contributed by atoms with E-state index in [-0.39, 0.29) is 11.8 Å². The molecular weight excluding hydrogens is 260 g/mol. The van der Waals surface area contributed by atoms with E-state index in [0.717, 1.165) is 38.2 Å². The summed E-state index contributed by atoms with van der Waals surface area (Å²) in [6, 6.07) is 5.82. The lowest BCUT2D eigenvalue weighted by Gasteiger charge is -2.19. The van der Waals surface area contributed by atoms with Crippen LogP contribution in [0.5, 0.6) is 0 Å². The maximum Gasteiger partial charge on any atom is 0.179 e. The lowest BCUT2D eigenvalue weighted by molar-refractivity contribution is 0.0950. The highest BCUT2D eigenvalue weighted by Gasteiger charge is 2.14. The number of nitrogens with one attached hydrogen (secondary N) is 1. The first kappa shape index (κ1) is 17.9. The molecule has 0 radical (unpaired) electrons. The van der Waals surface area contributed by atoms with E-state index in [0.29, 0.717) is 0 Å².